The fraction of sp³-hybridized carbons (Fsp3) is 0.304. The molecule has 1 aromatic carbocycles. The second kappa shape index (κ2) is 8.77. The number of pyridine rings is 1. The third-order valence-corrected chi connectivity index (χ3v) is 5.34. The smallest absolute Gasteiger partial charge is 0.164 e. The molecule has 3 aromatic heterocycles. The highest BCUT2D eigenvalue weighted by atomic mass is 19.1. The Morgan fingerprint density at radius 1 is 1.13 bits per heavy atom. The summed E-state index contributed by atoms with van der Waals surface area (Å²) in [5.41, 5.74) is 4.51. The van der Waals surface area contributed by atoms with Crippen molar-refractivity contribution in [2.75, 3.05) is 6.61 Å². The number of phenolic OH excluding ortho intramolecular Hbond substituents is 1. The molecule has 0 saturated heterocycles. The van der Waals surface area contributed by atoms with E-state index in [4.69, 9.17) is 0 Å². The number of rotatable bonds is 7. The lowest BCUT2D eigenvalue weighted by atomic mass is 10.0. The first kappa shape index (κ1) is 20.9. The van der Waals surface area contributed by atoms with E-state index in [0.717, 1.165) is 35.9 Å². The molecule has 0 fully saturated rings. The predicted molar refractivity (Wildman–Crippen MR) is 115 cm³/mol. The van der Waals surface area contributed by atoms with Gasteiger partial charge in [-0.15, -0.1) is 0 Å². The van der Waals surface area contributed by atoms with Gasteiger partial charge in [-0.2, -0.15) is 0 Å². The summed E-state index contributed by atoms with van der Waals surface area (Å²) in [5.74, 6) is 0.211. The Balaban J connectivity index is 1.68. The number of aryl methyl sites for hydroxylation is 3. The van der Waals surface area contributed by atoms with E-state index < -0.39 is 5.82 Å². The van der Waals surface area contributed by atoms with E-state index in [0.29, 0.717) is 29.0 Å². The number of fused-ring (bicyclic) bond motifs is 1. The van der Waals surface area contributed by atoms with E-state index in [-0.39, 0.29) is 18.4 Å². The highest BCUT2D eigenvalue weighted by Crippen LogP contribution is 2.25. The topological polar surface area (TPSA) is 97.0 Å². The van der Waals surface area contributed by atoms with Gasteiger partial charge in [0.25, 0.3) is 0 Å². The number of hydrogen-bond acceptors (Lipinski definition) is 6. The van der Waals surface area contributed by atoms with Crippen molar-refractivity contribution < 1.29 is 14.6 Å². The molecule has 31 heavy (non-hydrogen) atoms. The lowest BCUT2D eigenvalue weighted by molar-refractivity contribution is 0.241. The molecule has 8 heteroatoms. The van der Waals surface area contributed by atoms with Crippen molar-refractivity contribution in [3.8, 4) is 17.1 Å². The van der Waals surface area contributed by atoms with Crippen LogP contribution < -0.4 is 0 Å². The van der Waals surface area contributed by atoms with Crippen LogP contribution in [0.25, 0.3) is 22.6 Å². The van der Waals surface area contributed by atoms with Crippen LogP contribution in [-0.2, 0) is 12.8 Å². The molecule has 1 atom stereocenters. The Kier molecular flexibility index (Phi) is 5.90. The zero-order valence-electron chi connectivity index (χ0n) is 17.5. The average Bonchev–Trinajstić information content (AvgIpc) is 3.20. The maximum absolute atomic E-state index is 13.7. The minimum Gasteiger partial charge on any atom is -0.508 e. The van der Waals surface area contributed by atoms with Crippen molar-refractivity contribution in [1.82, 2.24) is 24.5 Å². The number of imidazole rings is 1. The number of benzene rings is 1. The Morgan fingerprint density at radius 2 is 1.97 bits per heavy atom. The number of halogens is 1. The predicted octanol–water partition coefficient (Wildman–Crippen LogP) is 3.77. The Labute approximate surface area is 179 Å². The van der Waals surface area contributed by atoms with Gasteiger partial charge in [-0.05, 0) is 56.4 Å². The molecule has 0 aliphatic rings. The molecule has 3 heterocycles. The largest absolute Gasteiger partial charge is 0.508 e. The van der Waals surface area contributed by atoms with Crippen molar-refractivity contribution in [3.05, 3.63) is 65.6 Å². The van der Waals surface area contributed by atoms with Crippen molar-refractivity contribution in [3.63, 3.8) is 0 Å². The van der Waals surface area contributed by atoms with E-state index in [2.05, 4.69) is 19.9 Å². The molecule has 4 aromatic rings. The van der Waals surface area contributed by atoms with Crippen LogP contribution in [-0.4, -0.2) is 41.3 Å². The minimum atomic E-state index is -0.456. The van der Waals surface area contributed by atoms with Gasteiger partial charge in [0.2, 0.25) is 0 Å². The van der Waals surface area contributed by atoms with Gasteiger partial charge in [0.05, 0.1) is 30.9 Å². The van der Waals surface area contributed by atoms with Gasteiger partial charge < -0.3 is 14.8 Å². The summed E-state index contributed by atoms with van der Waals surface area (Å²) in [4.78, 5) is 17.7. The lowest BCUT2D eigenvalue weighted by Gasteiger charge is -2.12. The van der Waals surface area contributed by atoms with E-state index in [1.165, 1.54) is 12.3 Å². The van der Waals surface area contributed by atoms with Gasteiger partial charge in [-0.1, -0.05) is 12.1 Å². The Hall–Kier alpha value is -3.39. The second-order valence-electron chi connectivity index (χ2n) is 7.72. The molecule has 0 radical (unpaired) electrons. The number of aromatic hydroxyl groups is 1. The van der Waals surface area contributed by atoms with Gasteiger partial charge in [-0.25, -0.2) is 19.3 Å². The molecule has 4 rings (SSSR count). The SMILES string of the molecule is Cc1cc(CCCc2nc(-c3cncc(F)c3)nc3c2ncn3C(C)CO)ccc1O. The van der Waals surface area contributed by atoms with Crippen LogP contribution in [0.4, 0.5) is 4.39 Å². The van der Waals surface area contributed by atoms with Crippen molar-refractivity contribution >= 4 is 11.2 Å². The fourth-order valence-corrected chi connectivity index (χ4v) is 3.56. The summed E-state index contributed by atoms with van der Waals surface area (Å²) in [6.07, 6.45) is 6.61. The number of aliphatic hydroxyl groups excluding tert-OH is 1. The Bertz CT molecular complexity index is 1220. The molecule has 0 amide bonds. The maximum Gasteiger partial charge on any atom is 0.164 e. The van der Waals surface area contributed by atoms with Crippen LogP contribution >= 0.6 is 0 Å². The quantitative estimate of drug-likeness (QED) is 0.472. The summed E-state index contributed by atoms with van der Waals surface area (Å²) < 4.78 is 15.5. The number of phenols is 1. The van der Waals surface area contributed by atoms with E-state index in [9.17, 15) is 14.6 Å². The molecule has 0 aliphatic heterocycles. The summed E-state index contributed by atoms with van der Waals surface area (Å²) in [6.45, 7) is 3.70. The molecule has 0 bridgehead atoms. The van der Waals surface area contributed by atoms with Gasteiger partial charge >= 0.3 is 0 Å². The average molecular weight is 421 g/mol. The molecular formula is C23H24FN5O2. The van der Waals surface area contributed by atoms with Gasteiger partial charge in [0, 0.05) is 11.8 Å². The standard InChI is InChI=1S/C23H24FN5O2/c1-14-8-16(6-7-20(14)31)4-3-5-19-21-23(29(13-26-21)15(2)12-30)28-22(27-19)17-9-18(24)11-25-10-17/h6-11,13,15,30-31H,3-5,12H2,1-2H3. The molecule has 0 spiro atoms. The third kappa shape index (κ3) is 4.39. The molecule has 1 unspecified atom stereocenters. The number of nitrogens with zero attached hydrogens (tertiary/aromatic N) is 5. The second-order valence-corrected chi connectivity index (χ2v) is 7.72. The third-order valence-electron chi connectivity index (χ3n) is 5.34. The van der Waals surface area contributed by atoms with Gasteiger partial charge in [-0.3, -0.25) is 4.98 Å². The first-order chi connectivity index (χ1) is 15.0. The number of aliphatic hydroxyl groups is 1. The van der Waals surface area contributed by atoms with Crippen LogP contribution in [0.5, 0.6) is 5.75 Å². The van der Waals surface area contributed by atoms with Crippen LogP contribution in [0.15, 0.2) is 43.0 Å². The van der Waals surface area contributed by atoms with E-state index in [1.54, 1.807) is 17.0 Å². The summed E-state index contributed by atoms with van der Waals surface area (Å²) in [6, 6.07) is 6.76. The van der Waals surface area contributed by atoms with Gasteiger partial charge in [0.1, 0.15) is 17.1 Å². The lowest BCUT2D eigenvalue weighted by Crippen LogP contribution is -2.09. The zero-order valence-corrected chi connectivity index (χ0v) is 17.5. The summed E-state index contributed by atoms with van der Waals surface area (Å²) in [7, 11) is 0. The first-order valence-electron chi connectivity index (χ1n) is 10.2. The molecule has 0 saturated carbocycles. The van der Waals surface area contributed by atoms with E-state index >= 15 is 0 Å². The van der Waals surface area contributed by atoms with Crippen molar-refractivity contribution in [2.24, 2.45) is 0 Å². The van der Waals surface area contributed by atoms with Crippen LogP contribution in [0.1, 0.15) is 36.2 Å². The van der Waals surface area contributed by atoms with Crippen LogP contribution in [0.2, 0.25) is 0 Å². The minimum absolute atomic E-state index is 0.0537. The van der Waals surface area contributed by atoms with Crippen molar-refractivity contribution in [1.29, 1.82) is 0 Å². The Morgan fingerprint density at radius 3 is 2.71 bits per heavy atom. The molecule has 160 valence electrons. The molecule has 2 N–H and O–H groups in total. The normalized spacial score (nSPS) is 12.4. The highest BCUT2D eigenvalue weighted by Gasteiger charge is 2.17. The zero-order chi connectivity index (χ0) is 22.0. The van der Waals surface area contributed by atoms with Crippen molar-refractivity contribution in [2.45, 2.75) is 39.2 Å². The van der Waals surface area contributed by atoms with Gasteiger partial charge in [0.15, 0.2) is 11.5 Å². The molecule has 0 aliphatic carbocycles. The highest BCUT2D eigenvalue weighted by molar-refractivity contribution is 5.76. The fourth-order valence-electron chi connectivity index (χ4n) is 3.56. The van der Waals surface area contributed by atoms with Crippen LogP contribution in [0, 0.1) is 12.7 Å². The van der Waals surface area contributed by atoms with Crippen LogP contribution in [0.3, 0.4) is 0 Å². The summed E-state index contributed by atoms with van der Waals surface area (Å²) >= 11 is 0. The maximum atomic E-state index is 13.7. The number of hydrogen-bond donors (Lipinski definition) is 2. The summed E-state index contributed by atoms with van der Waals surface area (Å²) in [5, 5.41) is 19.3. The number of aromatic nitrogens is 5. The molecule has 7 nitrogen and oxygen atoms in total. The first-order valence-corrected chi connectivity index (χ1v) is 10.2. The monoisotopic (exact) mass is 421 g/mol. The van der Waals surface area contributed by atoms with E-state index in [1.807, 2.05) is 26.0 Å². The molecular weight excluding hydrogens is 397 g/mol.